The molecule has 0 bridgehead atoms. The molecule has 30 heavy (non-hydrogen) atoms. The van der Waals surface area contributed by atoms with Crippen LogP contribution in [0.3, 0.4) is 0 Å². The third-order valence-corrected chi connectivity index (χ3v) is 3.38. The number of ether oxygens (including phenoxy) is 2. The van der Waals surface area contributed by atoms with Gasteiger partial charge in [-0.1, -0.05) is 18.2 Å². The number of alkyl halides is 6. The van der Waals surface area contributed by atoms with Gasteiger partial charge in [-0.05, 0) is 25.1 Å². The average molecular weight is 432 g/mol. The predicted molar refractivity (Wildman–Crippen MR) is 94.7 cm³/mol. The molecule has 160 valence electrons. The Morgan fingerprint density at radius 1 is 1.00 bits per heavy atom. The lowest BCUT2D eigenvalue weighted by atomic mass is 10.1. The van der Waals surface area contributed by atoms with Crippen LogP contribution in [0.5, 0.6) is 11.5 Å². The van der Waals surface area contributed by atoms with E-state index in [2.05, 4.69) is 14.6 Å². The van der Waals surface area contributed by atoms with Crippen LogP contribution in [0.4, 0.5) is 37.7 Å². The highest BCUT2D eigenvalue weighted by Crippen LogP contribution is 2.43. The van der Waals surface area contributed by atoms with Gasteiger partial charge in [-0.15, -0.1) is 0 Å². The lowest BCUT2D eigenvalue weighted by molar-refractivity contribution is -0.139. The Hall–Kier alpha value is -3.51. The van der Waals surface area contributed by atoms with Crippen molar-refractivity contribution in [2.24, 2.45) is 4.99 Å². The van der Waals surface area contributed by atoms with Gasteiger partial charge in [-0.3, -0.25) is 0 Å². The SMILES string of the molecule is COc1cccc(N=C=O)c1C(F)(F)F.[C-]#[N+]c1cccc(OCC)c1C(F)(F)F. The van der Waals surface area contributed by atoms with Crippen molar-refractivity contribution < 1.29 is 40.6 Å². The van der Waals surface area contributed by atoms with Gasteiger partial charge in [0.05, 0.1) is 26.0 Å². The molecule has 0 saturated carbocycles. The van der Waals surface area contributed by atoms with E-state index in [1.54, 1.807) is 6.92 Å². The molecular formula is C19H14F6N2O3. The number of halogens is 6. The van der Waals surface area contributed by atoms with Crippen molar-refractivity contribution in [1.29, 1.82) is 0 Å². The van der Waals surface area contributed by atoms with Crippen LogP contribution >= 0.6 is 0 Å². The van der Waals surface area contributed by atoms with E-state index >= 15 is 0 Å². The van der Waals surface area contributed by atoms with Crippen molar-refractivity contribution in [2.75, 3.05) is 13.7 Å². The molecule has 11 heteroatoms. The molecule has 0 aromatic heterocycles. The van der Waals surface area contributed by atoms with Crippen molar-refractivity contribution in [3.63, 3.8) is 0 Å². The molecule has 0 aliphatic rings. The molecular weight excluding hydrogens is 418 g/mol. The van der Waals surface area contributed by atoms with Crippen LogP contribution < -0.4 is 9.47 Å². The highest BCUT2D eigenvalue weighted by atomic mass is 19.4. The Kier molecular flexibility index (Phi) is 8.44. The lowest BCUT2D eigenvalue weighted by Gasteiger charge is -2.14. The molecule has 0 saturated heterocycles. The largest absolute Gasteiger partial charge is 0.496 e. The first-order chi connectivity index (χ1) is 14.0. The van der Waals surface area contributed by atoms with Crippen molar-refractivity contribution in [2.45, 2.75) is 19.3 Å². The number of hydrogen-bond acceptors (Lipinski definition) is 4. The van der Waals surface area contributed by atoms with E-state index in [0.29, 0.717) is 0 Å². The molecule has 0 spiro atoms. The Labute approximate surface area is 167 Å². The maximum absolute atomic E-state index is 12.6. The minimum Gasteiger partial charge on any atom is -0.496 e. The Bertz CT molecular complexity index is 958. The first-order valence-corrected chi connectivity index (χ1v) is 8.03. The number of rotatable bonds is 4. The Morgan fingerprint density at radius 2 is 1.57 bits per heavy atom. The van der Waals surface area contributed by atoms with Crippen molar-refractivity contribution >= 4 is 17.5 Å². The predicted octanol–water partition coefficient (Wildman–Crippen LogP) is 6.34. The minimum atomic E-state index is -4.62. The monoisotopic (exact) mass is 432 g/mol. The van der Waals surface area contributed by atoms with Gasteiger partial charge in [0.1, 0.15) is 22.6 Å². The standard InChI is InChI=1S/C10H8F3NO.C9H6F3NO2/c1-3-15-8-6-4-5-7(14-2)9(8)10(11,12)13;1-15-7-4-2-3-6(13-5-14)8(7)9(10,11)12/h4-6H,3H2,1H3;2-4H,1H3. The zero-order valence-corrected chi connectivity index (χ0v) is 15.6. The molecule has 0 heterocycles. The van der Waals surface area contributed by atoms with Crippen LogP contribution in [0, 0.1) is 6.57 Å². The number of carbonyl (C=O) groups excluding carboxylic acids is 1. The van der Waals surface area contributed by atoms with Crippen molar-refractivity contribution in [3.05, 3.63) is 58.9 Å². The average Bonchev–Trinajstić information content (AvgIpc) is 2.67. The normalized spacial score (nSPS) is 10.8. The summed E-state index contributed by atoms with van der Waals surface area (Å²) in [5.41, 5.74) is -3.01. The highest BCUT2D eigenvalue weighted by Gasteiger charge is 2.38. The van der Waals surface area contributed by atoms with Gasteiger partial charge in [0, 0.05) is 0 Å². The van der Waals surface area contributed by atoms with Gasteiger partial charge < -0.3 is 9.47 Å². The van der Waals surface area contributed by atoms with Crippen molar-refractivity contribution in [3.8, 4) is 11.5 Å². The molecule has 0 aliphatic carbocycles. The van der Waals surface area contributed by atoms with E-state index < -0.39 is 34.9 Å². The molecule has 2 aromatic carbocycles. The van der Waals surface area contributed by atoms with Gasteiger partial charge in [0.15, 0.2) is 0 Å². The number of hydrogen-bond donors (Lipinski definition) is 0. The second-order valence-electron chi connectivity index (χ2n) is 5.25. The molecule has 2 aromatic rings. The summed E-state index contributed by atoms with van der Waals surface area (Å²) in [6, 6.07) is 7.22. The molecule has 0 fully saturated rings. The number of methoxy groups -OCH3 is 1. The van der Waals surface area contributed by atoms with E-state index in [4.69, 9.17) is 11.3 Å². The molecule has 0 amide bonds. The summed E-state index contributed by atoms with van der Waals surface area (Å²) < 4.78 is 84.8. The maximum atomic E-state index is 12.6. The van der Waals surface area contributed by atoms with Crippen LogP contribution in [0.25, 0.3) is 4.85 Å². The number of aliphatic imine (C=N–C) groups is 1. The number of benzene rings is 2. The molecule has 2 rings (SSSR count). The van der Waals surface area contributed by atoms with Gasteiger partial charge >= 0.3 is 12.4 Å². The van der Waals surface area contributed by atoms with Crippen molar-refractivity contribution in [1.82, 2.24) is 0 Å². The third-order valence-electron chi connectivity index (χ3n) is 3.38. The van der Waals surface area contributed by atoms with Crippen LogP contribution in [0.15, 0.2) is 41.4 Å². The fourth-order valence-corrected chi connectivity index (χ4v) is 2.29. The third kappa shape index (κ3) is 6.25. The molecule has 0 atom stereocenters. The van der Waals surface area contributed by atoms with Gasteiger partial charge in [0.2, 0.25) is 11.8 Å². The van der Waals surface area contributed by atoms with E-state index in [1.165, 1.54) is 18.2 Å². The number of nitrogens with zero attached hydrogens (tertiary/aromatic N) is 2. The van der Waals surface area contributed by atoms with Crippen LogP contribution in [0.2, 0.25) is 0 Å². The minimum absolute atomic E-state index is 0.129. The van der Waals surface area contributed by atoms with E-state index in [-0.39, 0.29) is 18.1 Å². The molecule has 0 aliphatic heterocycles. The summed E-state index contributed by atoms with van der Waals surface area (Å²) in [4.78, 5) is 15.8. The maximum Gasteiger partial charge on any atom is 0.422 e. The first-order valence-electron chi connectivity index (χ1n) is 8.03. The topological polar surface area (TPSA) is 52.2 Å². The van der Waals surface area contributed by atoms with Gasteiger partial charge in [-0.2, -0.15) is 31.3 Å². The fourth-order valence-electron chi connectivity index (χ4n) is 2.29. The molecule has 5 nitrogen and oxygen atoms in total. The molecule has 0 radical (unpaired) electrons. The van der Waals surface area contributed by atoms with Crippen LogP contribution in [-0.4, -0.2) is 19.8 Å². The Morgan fingerprint density at radius 3 is 2.03 bits per heavy atom. The quantitative estimate of drug-likeness (QED) is 0.245. The summed E-state index contributed by atoms with van der Waals surface area (Å²) in [5, 5.41) is 0. The van der Waals surface area contributed by atoms with Gasteiger partial charge in [-0.25, -0.2) is 9.64 Å². The zero-order valence-electron chi connectivity index (χ0n) is 15.6. The first kappa shape index (κ1) is 24.5. The summed E-state index contributed by atoms with van der Waals surface area (Å²) in [6.07, 6.45) is -8.12. The van der Waals surface area contributed by atoms with E-state index in [0.717, 1.165) is 31.4 Å². The van der Waals surface area contributed by atoms with Gasteiger partial charge in [0.25, 0.3) is 0 Å². The fraction of sp³-hybridized carbons (Fsp3) is 0.263. The summed E-state index contributed by atoms with van der Waals surface area (Å²) in [7, 11) is 1.11. The summed E-state index contributed by atoms with van der Waals surface area (Å²) in [5.74, 6) is -0.669. The lowest BCUT2D eigenvalue weighted by Crippen LogP contribution is -2.08. The smallest absolute Gasteiger partial charge is 0.422 e. The second-order valence-corrected chi connectivity index (χ2v) is 5.25. The van der Waals surface area contributed by atoms with Crippen LogP contribution in [0.1, 0.15) is 18.1 Å². The Balaban J connectivity index is 0.000000300. The number of isocyanates is 1. The van der Waals surface area contributed by atoms with E-state index in [9.17, 15) is 31.1 Å². The molecule has 0 N–H and O–H groups in total. The second kappa shape index (κ2) is 10.3. The van der Waals surface area contributed by atoms with E-state index in [1.807, 2.05) is 0 Å². The van der Waals surface area contributed by atoms with Crippen LogP contribution in [-0.2, 0) is 17.1 Å². The summed E-state index contributed by atoms with van der Waals surface area (Å²) in [6.45, 7) is 8.38. The molecule has 0 unspecified atom stereocenters. The zero-order chi connectivity index (χ0) is 22.9. The summed E-state index contributed by atoms with van der Waals surface area (Å²) >= 11 is 0. The highest BCUT2D eigenvalue weighted by molar-refractivity contribution is 5.60.